The maximum atomic E-state index is 12.2. The first-order valence-corrected chi connectivity index (χ1v) is 7.43. The average molecular weight is 259 g/mol. The highest BCUT2D eigenvalue weighted by atomic mass is 16.1. The van der Waals surface area contributed by atoms with Gasteiger partial charge in [-0.1, -0.05) is 38.1 Å². The Morgan fingerprint density at radius 3 is 2.84 bits per heavy atom. The number of rotatable bonds is 5. The van der Waals surface area contributed by atoms with E-state index in [1.807, 2.05) is 0 Å². The molecule has 2 unspecified atom stereocenters. The zero-order chi connectivity index (χ0) is 13.8. The van der Waals surface area contributed by atoms with Crippen molar-refractivity contribution >= 4 is 5.78 Å². The van der Waals surface area contributed by atoms with Crippen LogP contribution in [0.5, 0.6) is 0 Å². The summed E-state index contributed by atoms with van der Waals surface area (Å²) in [6.45, 7) is 4.15. The van der Waals surface area contributed by atoms with E-state index in [4.69, 9.17) is 5.73 Å². The van der Waals surface area contributed by atoms with E-state index in [1.165, 1.54) is 17.5 Å². The molecule has 2 atom stereocenters. The van der Waals surface area contributed by atoms with E-state index in [1.54, 1.807) is 0 Å². The van der Waals surface area contributed by atoms with Crippen LogP contribution in [0.2, 0.25) is 0 Å². The summed E-state index contributed by atoms with van der Waals surface area (Å²) in [5.74, 6) is 1.11. The predicted octanol–water partition coefficient (Wildman–Crippen LogP) is 3.44. The van der Waals surface area contributed by atoms with Crippen LogP contribution in [-0.2, 0) is 11.2 Å². The van der Waals surface area contributed by atoms with Crippen LogP contribution in [0.1, 0.15) is 56.6 Å². The van der Waals surface area contributed by atoms with E-state index in [9.17, 15) is 4.79 Å². The first-order valence-electron chi connectivity index (χ1n) is 7.43. The van der Waals surface area contributed by atoms with Crippen LogP contribution in [-0.4, -0.2) is 11.8 Å². The Kier molecular flexibility index (Phi) is 4.76. The Balaban J connectivity index is 1.99. The van der Waals surface area contributed by atoms with Crippen LogP contribution in [0.3, 0.4) is 0 Å². The monoisotopic (exact) mass is 259 g/mol. The Morgan fingerprint density at radius 1 is 1.37 bits per heavy atom. The molecule has 0 saturated carbocycles. The van der Waals surface area contributed by atoms with Crippen molar-refractivity contribution in [2.75, 3.05) is 0 Å². The van der Waals surface area contributed by atoms with Crippen LogP contribution in [0.15, 0.2) is 24.3 Å². The van der Waals surface area contributed by atoms with Gasteiger partial charge in [-0.2, -0.15) is 0 Å². The summed E-state index contributed by atoms with van der Waals surface area (Å²) >= 11 is 0. The second-order valence-corrected chi connectivity index (χ2v) is 6.14. The summed E-state index contributed by atoms with van der Waals surface area (Å²) in [6, 6.07) is 8.58. The molecule has 19 heavy (non-hydrogen) atoms. The molecule has 1 aliphatic rings. The molecule has 2 rings (SSSR count). The van der Waals surface area contributed by atoms with Crippen molar-refractivity contribution in [2.24, 2.45) is 11.7 Å². The maximum Gasteiger partial charge on any atom is 0.135 e. The highest BCUT2D eigenvalue weighted by Crippen LogP contribution is 2.34. The van der Waals surface area contributed by atoms with Gasteiger partial charge in [-0.3, -0.25) is 4.79 Å². The van der Waals surface area contributed by atoms with Crippen molar-refractivity contribution in [2.45, 2.75) is 57.9 Å². The largest absolute Gasteiger partial charge is 0.327 e. The standard InChI is InChI=1S/C17H25NO/c1-12(2)17(18)11-15(19)10-14-8-5-7-13-6-3-4-9-16(13)14/h3-4,6,9,12,14,17H,5,7-8,10-11,18H2,1-2H3. The van der Waals surface area contributed by atoms with Gasteiger partial charge in [0, 0.05) is 18.9 Å². The zero-order valence-corrected chi connectivity index (χ0v) is 12.1. The molecule has 1 aromatic carbocycles. The number of carbonyl (C=O) groups excluding carboxylic acids is 1. The number of carbonyl (C=O) groups is 1. The first-order chi connectivity index (χ1) is 9.08. The lowest BCUT2D eigenvalue weighted by Gasteiger charge is -2.25. The second-order valence-electron chi connectivity index (χ2n) is 6.14. The van der Waals surface area contributed by atoms with Gasteiger partial charge in [0.15, 0.2) is 0 Å². The number of nitrogens with two attached hydrogens (primary N) is 1. The molecule has 0 aromatic heterocycles. The molecule has 0 saturated heterocycles. The fraction of sp³-hybridized carbons (Fsp3) is 0.588. The predicted molar refractivity (Wildman–Crippen MR) is 79.2 cm³/mol. The van der Waals surface area contributed by atoms with Gasteiger partial charge in [-0.15, -0.1) is 0 Å². The topological polar surface area (TPSA) is 43.1 Å². The van der Waals surface area contributed by atoms with Crippen molar-refractivity contribution in [3.63, 3.8) is 0 Å². The molecule has 0 bridgehead atoms. The highest BCUT2D eigenvalue weighted by Gasteiger charge is 2.23. The molecule has 2 N–H and O–H groups in total. The van der Waals surface area contributed by atoms with Gasteiger partial charge < -0.3 is 5.73 Å². The van der Waals surface area contributed by atoms with Crippen molar-refractivity contribution in [1.82, 2.24) is 0 Å². The maximum absolute atomic E-state index is 12.2. The Hall–Kier alpha value is -1.15. The second kappa shape index (κ2) is 6.33. The normalized spacial score (nSPS) is 20.1. The number of hydrogen-bond acceptors (Lipinski definition) is 2. The molecule has 0 heterocycles. The summed E-state index contributed by atoms with van der Waals surface area (Å²) < 4.78 is 0. The van der Waals surface area contributed by atoms with Crippen molar-refractivity contribution in [3.05, 3.63) is 35.4 Å². The van der Waals surface area contributed by atoms with Crippen LogP contribution in [0, 0.1) is 5.92 Å². The summed E-state index contributed by atoms with van der Waals surface area (Å²) in [7, 11) is 0. The van der Waals surface area contributed by atoms with E-state index in [-0.39, 0.29) is 6.04 Å². The number of ketones is 1. The lowest BCUT2D eigenvalue weighted by atomic mass is 9.79. The Labute approximate surface area is 116 Å². The molecule has 2 heteroatoms. The summed E-state index contributed by atoms with van der Waals surface area (Å²) in [5, 5.41) is 0. The molecule has 0 radical (unpaired) electrons. The third-order valence-corrected chi connectivity index (χ3v) is 4.29. The lowest BCUT2D eigenvalue weighted by molar-refractivity contribution is -0.120. The number of aryl methyl sites for hydroxylation is 1. The fourth-order valence-corrected chi connectivity index (χ4v) is 2.92. The van der Waals surface area contributed by atoms with Crippen molar-refractivity contribution in [3.8, 4) is 0 Å². The minimum atomic E-state index is 0.00587. The van der Waals surface area contributed by atoms with Gasteiger partial charge >= 0.3 is 0 Å². The number of fused-ring (bicyclic) bond motifs is 1. The Morgan fingerprint density at radius 2 is 2.11 bits per heavy atom. The van der Waals surface area contributed by atoms with Gasteiger partial charge in [-0.25, -0.2) is 0 Å². The molecule has 2 nitrogen and oxygen atoms in total. The third-order valence-electron chi connectivity index (χ3n) is 4.29. The molecule has 0 aliphatic heterocycles. The lowest BCUT2D eigenvalue weighted by Crippen LogP contribution is -2.30. The van der Waals surface area contributed by atoms with Gasteiger partial charge in [0.05, 0.1) is 0 Å². The molecule has 0 spiro atoms. The molecule has 104 valence electrons. The van der Waals surface area contributed by atoms with Crippen molar-refractivity contribution in [1.29, 1.82) is 0 Å². The number of Topliss-reactive ketones (excluding diaryl/α,β-unsaturated/α-hetero) is 1. The smallest absolute Gasteiger partial charge is 0.135 e. The molecular weight excluding hydrogens is 234 g/mol. The SMILES string of the molecule is CC(C)C(N)CC(=O)CC1CCCc2ccccc21. The third kappa shape index (κ3) is 3.66. The quantitative estimate of drug-likeness (QED) is 0.880. The summed E-state index contributed by atoms with van der Waals surface area (Å²) in [6.07, 6.45) is 4.69. The van der Waals surface area contributed by atoms with Crippen molar-refractivity contribution < 1.29 is 4.79 Å². The van der Waals surface area contributed by atoms with E-state index in [0.717, 1.165) is 12.8 Å². The number of hydrogen-bond donors (Lipinski definition) is 1. The number of benzene rings is 1. The van der Waals surface area contributed by atoms with E-state index in [0.29, 0.717) is 30.5 Å². The van der Waals surface area contributed by atoms with Gasteiger partial charge in [0.25, 0.3) is 0 Å². The molecular formula is C17H25NO. The van der Waals surface area contributed by atoms with E-state index in [2.05, 4.69) is 38.1 Å². The summed E-state index contributed by atoms with van der Waals surface area (Å²) in [4.78, 5) is 12.2. The minimum Gasteiger partial charge on any atom is -0.327 e. The summed E-state index contributed by atoms with van der Waals surface area (Å²) in [5.41, 5.74) is 8.82. The zero-order valence-electron chi connectivity index (χ0n) is 12.1. The van der Waals surface area contributed by atoms with Crippen LogP contribution in [0.25, 0.3) is 0 Å². The first kappa shape index (κ1) is 14.3. The average Bonchev–Trinajstić information content (AvgIpc) is 2.39. The van der Waals surface area contributed by atoms with Gasteiger partial charge in [0.2, 0.25) is 0 Å². The highest BCUT2D eigenvalue weighted by molar-refractivity contribution is 5.80. The fourth-order valence-electron chi connectivity index (χ4n) is 2.92. The minimum absolute atomic E-state index is 0.00587. The Bertz CT molecular complexity index is 439. The van der Waals surface area contributed by atoms with E-state index >= 15 is 0 Å². The van der Waals surface area contributed by atoms with E-state index < -0.39 is 0 Å². The molecule has 1 aromatic rings. The van der Waals surface area contributed by atoms with Crippen LogP contribution >= 0.6 is 0 Å². The molecule has 0 amide bonds. The van der Waals surface area contributed by atoms with Gasteiger partial charge in [0.1, 0.15) is 5.78 Å². The van der Waals surface area contributed by atoms with Gasteiger partial charge in [-0.05, 0) is 42.2 Å². The molecule has 1 aliphatic carbocycles. The molecule has 0 fully saturated rings. The van der Waals surface area contributed by atoms with Crippen LogP contribution in [0.4, 0.5) is 0 Å². The van der Waals surface area contributed by atoms with Crippen LogP contribution < -0.4 is 5.73 Å².